The van der Waals surface area contributed by atoms with Gasteiger partial charge in [-0.15, -0.1) is 11.3 Å². The van der Waals surface area contributed by atoms with Crippen LogP contribution in [0, 0.1) is 6.92 Å². The zero-order valence-corrected chi connectivity index (χ0v) is 13.8. The molecule has 0 aliphatic carbocycles. The number of furan rings is 1. The van der Waals surface area contributed by atoms with Crippen molar-refractivity contribution in [3.05, 3.63) is 72.0 Å². The van der Waals surface area contributed by atoms with Crippen molar-refractivity contribution in [3.8, 4) is 10.8 Å². The van der Waals surface area contributed by atoms with Crippen molar-refractivity contribution >= 4 is 33.1 Å². The minimum Gasteiger partial charge on any atom is -0.448 e. The number of aryl methyl sites for hydroxylation is 1. The average Bonchev–Trinajstić information content (AvgIpc) is 3.23. The molecule has 0 fully saturated rings. The predicted octanol–water partition coefficient (Wildman–Crippen LogP) is 5.12. The Morgan fingerprint density at radius 2 is 1.83 bits per heavy atom. The fourth-order valence-corrected chi connectivity index (χ4v) is 3.31. The molecule has 2 heterocycles. The molecule has 0 spiro atoms. The van der Waals surface area contributed by atoms with Gasteiger partial charge in [0.25, 0.3) is 5.91 Å². The van der Waals surface area contributed by atoms with Crippen LogP contribution in [0.1, 0.15) is 16.1 Å². The minimum atomic E-state index is -0.272. The van der Waals surface area contributed by atoms with E-state index in [1.807, 2.05) is 55.5 Å². The van der Waals surface area contributed by atoms with Crippen LogP contribution in [0.15, 0.2) is 65.1 Å². The number of amides is 1. The van der Waals surface area contributed by atoms with Gasteiger partial charge in [-0.3, -0.25) is 4.79 Å². The minimum absolute atomic E-state index is 0.268. The van der Waals surface area contributed by atoms with Gasteiger partial charge in [-0.2, -0.15) is 0 Å². The van der Waals surface area contributed by atoms with Gasteiger partial charge >= 0.3 is 0 Å². The van der Waals surface area contributed by atoms with Crippen LogP contribution in [0.4, 0.5) is 5.69 Å². The maximum atomic E-state index is 12.3. The highest BCUT2D eigenvalue weighted by Gasteiger charge is 2.15. The van der Waals surface area contributed by atoms with Crippen molar-refractivity contribution in [3.63, 3.8) is 0 Å². The number of thiazole rings is 1. The van der Waals surface area contributed by atoms with Crippen LogP contribution in [0.25, 0.3) is 21.0 Å². The first-order chi connectivity index (χ1) is 11.7. The fourth-order valence-electron chi connectivity index (χ4n) is 2.38. The molecule has 5 heteroatoms. The second kappa shape index (κ2) is 5.94. The van der Waals surface area contributed by atoms with E-state index in [0.717, 1.165) is 26.5 Å². The lowest BCUT2D eigenvalue weighted by molar-refractivity contribution is 0.0997. The van der Waals surface area contributed by atoms with Crippen molar-refractivity contribution in [2.75, 3.05) is 5.32 Å². The van der Waals surface area contributed by atoms with Gasteiger partial charge in [0.05, 0.1) is 10.2 Å². The number of carbonyl (C=O) groups is 1. The fraction of sp³-hybridized carbons (Fsp3) is 0.0526. The van der Waals surface area contributed by atoms with E-state index in [-0.39, 0.29) is 11.7 Å². The van der Waals surface area contributed by atoms with Crippen molar-refractivity contribution in [1.29, 1.82) is 0 Å². The molecule has 4 aromatic rings. The smallest absolute Gasteiger partial charge is 0.291 e. The molecule has 24 heavy (non-hydrogen) atoms. The number of para-hydroxylation sites is 1. The molecule has 4 nitrogen and oxygen atoms in total. The Morgan fingerprint density at radius 1 is 1.04 bits per heavy atom. The lowest BCUT2D eigenvalue weighted by atomic mass is 10.2. The number of benzene rings is 2. The Morgan fingerprint density at radius 3 is 2.62 bits per heavy atom. The highest BCUT2D eigenvalue weighted by atomic mass is 32.1. The van der Waals surface area contributed by atoms with Crippen LogP contribution in [0.5, 0.6) is 0 Å². The van der Waals surface area contributed by atoms with Crippen molar-refractivity contribution < 1.29 is 9.21 Å². The van der Waals surface area contributed by atoms with Crippen molar-refractivity contribution in [1.82, 2.24) is 4.98 Å². The van der Waals surface area contributed by atoms with Gasteiger partial charge < -0.3 is 9.73 Å². The standard InChI is InChI=1S/C19H14N2O2S/c1-12-6-8-13(9-7-12)20-18(22)15-10-11-16(23-15)19-21-14-4-2-3-5-17(14)24-19/h2-11H,1H3,(H,20,22). The Kier molecular flexibility index (Phi) is 3.63. The van der Waals surface area contributed by atoms with Gasteiger partial charge in [-0.05, 0) is 43.3 Å². The van der Waals surface area contributed by atoms with Crippen LogP contribution in [-0.4, -0.2) is 10.9 Å². The molecule has 2 aromatic carbocycles. The van der Waals surface area contributed by atoms with Crippen LogP contribution >= 0.6 is 11.3 Å². The van der Waals surface area contributed by atoms with E-state index in [9.17, 15) is 4.79 Å². The largest absolute Gasteiger partial charge is 0.448 e. The zero-order valence-electron chi connectivity index (χ0n) is 12.9. The highest BCUT2D eigenvalue weighted by Crippen LogP contribution is 2.31. The number of aromatic nitrogens is 1. The number of anilines is 1. The summed E-state index contributed by atoms with van der Waals surface area (Å²) in [6, 6.07) is 19.0. The van der Waals surface area contributed by atoms with E-state index in [0.29, 0.717) is 5.76 Å². The number of nitrogens with one attached hydrogen (secondary N) is 1. The van der Waals surface area contributed by atoms with Crippen LogP contribution < -0.4 is 5.32 Å². The van der Waals surface area contributed by atoms with E-state index in [4.69, 9.17) is 4.42 Å². The lowest BCUT2D eigenvalue weighted by Crippen LogP contribution is -2.10. The topological polar surface area (TPSA) is 55.1 Å². The Hall–Kier alpha value is -2.92. The maximum absolute atomic E-state index is 12.3. The third-order valence-corrected chi connectivity index (χ3v) is 4.69. The lowest BCUT2D eigenvalue weighted by Gasteiger charge is -2.03. The van der Waals surface area contributed by atoms with Gasteiger partial charge in [-0.1, -0.05) is 29.8 Å². The van der Waals surface area contributed by atoms with E-state index >= 15 is 0 Å². The number of carbonyl (C=O) groups excluding carboxylic acids is 1. The average molecular weight is 334 g/mol. The third kappa shape index (κ3) is 2.81. The second-order valence-corrected chi connectivity index (χ2v) is 6.50. The predicted molar refractivity (Wildman–Crippen MR) is 96.5 cm³/mol. The summed E-state index contributed by atoms with van der Waals surface area (Å²) in [4.78, 5) is 16.8. The first-order valence-electron chi connectivity index (χ1n) is 7.53. The van der Waals surface area contributed by atoms with Crippen LogP contribution in [0.2, 0.25) is 0 Å². The Labute approximate surface area is 142 Å². The van der Waals surface area contributed by atoms with Crippen LogP contribution in [0.3, 0.4) is 0 Å². The molecule has 0 aliphatic heterocycles. The third-order valence-electron chi connectivity index (χ3n) is 3.64. The van der Waals surface area contributed by atoms with Gasteiger partial charge in [0.15, 0.2) is 16.5 Å². The molecule has 0 radical (unpaired) electrons. The molecule has 0 atom stereocenters. The normalized spacial score (nSPS) is 10.9. The monoisotopic (exact) mass is 334 g/mol. The molecule has 1 N–H and O–H groups in total. The highest BCUT2D eigenvalue weighted by molar-refractivity contribution is 7.21. The number of fused-ring (bicyclic) bond motifs is 1. The van der Waals surface area contributed by atoms with E-state index in [1.54, 1.807) is 23.5 Å². The van der Waals surface area contributed by atoms with Gasteiger partial charge in [0, 0.05) is 5.69 Å². The quantitative estimate of drug-likeness (QED) is 0.566. The molecule has 0 saturated heterocycles. The van der Waals surface area contributed by atoms with Gasteiger partial charge in [0.1, 0.15) is 0 Å². The number of hydrogen-bond donors (Lipinski definition) is 1. The number of hydrogen-bond acceptors (Lipinski definition) is 4. The summed E-state index contributed by atoms with van der Waals surface area (Å²) in [5.74, 6) is 0.598. The zero-order chi connectivity index (χ0) is 16.5. The van der Waals surface area contributed by atoms with E-state index in [2.05, 4.69) is 10.3 Å². The summed E-state index contributed by atoms with van der Waals surface area (Å²) in [5.41, 5.74) is 2.81. The Bertz CT molecular complexity index is 982. The number of rotatable bonds is 3. The molecular weight excluding hydrogens is 320 g/mol. The maximum Gasteiger partial charge on any atom is 0.291 e. The molecule has 0 bridgehead atoms. The molecule has 0 aliphatic rings. The van der Waals surface area contributed by atoms with Crippen LogP contribution in [-0.2, 0) is 0 Å². The summed E-state index contributed by atoms with van der Waals surface area (Å²) in [7, 11) is 0. The number of nitrogens with zero attached hydrogens (tertiary/aromatic N) is 1. The summed E-state index contributed by atoms with van der Waals surface area (Å²) >= 11 is 1.54. The van der Waals surface area contributed by atoms with E-state index in [1.165, 1.54) is 0 Å². The molecular formula is C19H14N2O2S. The first kappa shape index (κ1) is 14.7. The molecule has 118 valence electrons. The molecule has 2 aromatic heterocycles. The first-order valence-corrected chi connectivity index (χ1v) is 8.34. The van der Waals surface area contributed by atoms with E-state index < -0.39 is 0 Å². The summed E-state index contributed by atoms with van der Waals surface area (Å²) in [6.07, 6.45) is 0. The van der Waals surface area contributed by atoms with Crippen molar-refractivity contribution in [2.45, 2.75) is 6.92 Å². The van der Waals surface area contributed by atoms with Gasteiger partial charge in [0.2, 0.25) is 0 Å². The summed E-state index contributed by atoms with van der Waals surface area (Å²) in [5, 5.41) is 3.60. The van der Waals surface area contributed by atoms with Crippen molar-refractivity contribution in [2.24, 2.45) is 0 Å². The second-order valence-electron chi connectivity index (χ2n) is 5.47. The summed E-state index contributed by atoms with van der Waals surface area (Å²) < 4.78 is 6.79. The molecule has 0 unspecified atom stereocenters. The SMILES string of the molecule is Cc1ccc(NC(=O)c2ccc(-c3nc4ccccc4s3)o2)cc1. The van der Waals surface area contributed by atoms with Gasteiger partial charge in [-0.25, -0.2) is 4.98 Å². The molecule has 4 rings (SSSR count). The molecule has 1 amide bonds. The Balaban J connectivity index is 1.57. The summed E-state index contributed by atoms with van der Waals surface area (Å²) in [6.45, 7) is 2.00. The molecule has 0 saturated carbocycles.